The number of thioether (sulfide) groups is 1. The van der Waals surface area contributed by atoms with Crippen molar-refractivity contribution in [2.75, 3.05) is 11.1 Å². The summed E-state index contributed by atoms with van der Waals surface area (Å²) >= 11 is 1.30. The van der Waals surface area contributed by atoms with Crippen LogP contribution in [-0.2, 0) is 14.8 Å². The van der Waals surface area contributed by atoms with Crippen molar-refractivity contribution in [1.29, 1.82) is 0 Å². The second-order valence-corrected chi connectivity index (χ2v) is 7.18. The summed E-state index contributed by atoms with van der Waals surface area (Å²) in [5, 5.41) is 8.37. The minimum atomic E-state index is -3.73. The molecule has 2 rings (SSSR count). The van der Waals surface area contributed by atoms with E-state index in [2.05, 4.69) is 15.3 Å². The Morgan fingerprint density at radius 1 is 1.32 bits per heavy atom. The number of aromatic amines is 1. The van der Waals surface area contributed by atoms with Crippen LogP contribution in [0, 0.1) is 13.8 Å². The minimum absolute atomic E-state index is 0.00131. The second-order valence-electron chi connectivity index (χ2n) is 4.66. The number of imidazole rings is 1. The summed E-state index contributed by atoms with van der Waals surface area (Å²) in [5.74, 6) is -0.0105. The summed E-state index contributed by atoms with van der Waals surface area (Å²) in [5.41, 5.74) is 2.38. The van der Waals surface area contributed by atoms with Crippen molar-refractivity contribution in [1.82, 2.24) is 9.97 Å². The highest BCUT2D eigenvalue weighted by atomic mass is 32.2. The molecule has 1 amide bonds. The number of carbonyl (C=O) groups excluding carboxylic acids is 1. The number of anilines is 1. The molecule has 9 heteroatoms. The Kier molecular flexibility index (Phi) is 4.89. The van der Waals surface area contributed by atoms with Crippen molar-refractivity contribution >= 4 is 33.4 Å². The van der Waals surface area contributed by atoms with E-state index < -0.39 is 10.0 Å². The van der Waals surface area contributed by atoms with Crippen LogP contribution in [0.5, 0.6) is 0 Å². The lowest BCUT2D eigenvalue weighted by Crippen LogP contribution is -2.15. The van der Waals surface area contributed by atoms with Gasteiger partial charge in [0.15, 0.2) is 5.16 Å². The summed E-state index contributed by atoms with van der Waals surface area (Å²) in [7, 11) is -3.73. The molecule has 0 spiro atoms. The van der Waals surface area contributed by atoms with Gasteiger partial charge >= 0.3 is 0 Å². The molecular weight excluding hydrogens is 324 g/mol. The summed E-state index contributed by atoms with van der Waals surface area (Å²) < 4.78 is 22.3. The molecule has 4 N–H and O–H groups in total. The fraction of sp³-hybridized carbons (Fsp3) is 0.231. The summed E-state index contributed by atoms with van der Waals surface area (Å²) in [4.78, 5) is 19.2. The highest BCUT2D eigenvalue weighted by molar-refractivity contribution is 7.99. The Hall–Kier alpha value is -1.84. The maximum atomic E-state index is 11.8. The molecule has 0 radical (unpaired) electrons. The molecule has 0 aliphatic rings. The van der Waals surface area contributed by atoms with Crippen LogP contribution in [0.15, 0.2) is 34.3 Å². The van der Waals surface area contributed by atoms with E-state index in [1.165, 1.54) is 36.0 Å². The van der Waals surface area contributed by atoms with Crippen LogP contribution >= 0.6 is 11.8 Å². The molecular formula is C13H16N4O3S2. The smallest absolute Gasteiger partial charge is 0.238 e. The fourth-order valence-electron chi connectivity index (χ4n) is 1.64. The third-order valence-corrected chi connectivity index (χ3v) is 4.72. The Morgan fingerprint density at radius 3 is 2.45 bits per heavy atom. The Bertz CT molecular complexity index is 763. The number of sulfonamides is 1. The van der Waals surface area contributed by atoms with E-state index in [1.54, 1.807) is 0 Å². The van der Waals surface area contributed by atoms with Crippen LogP contribution in [0.4, 0.5) is 5.69 Å². The third-order valence-electron chi connectivity index (χ3n) is 2.91. The van der Waals surface area contributed by atoms with Gasteiger partial charge in [0.05, 0.1) is 16.3 Å². The molecule has 0 aliphatic carbocycles. The number of benzene rings is 1. The van der Waals surface area contributed by atoms with Gasteiger partial charge in [0.25, 0.3) is 0 Å². The average Bonchev–Trinajstić information content (AvgIpc) is 2.75. The zero-order valence-corrected chi connectivity index (χ0v) is 13.7. The Morgan fingerprint density at radius 2 is 1.95 bits per heavy atom. The number of aromatic nitrogens is 2. The van der Waals surface area contributed by atoms with Crippen LogP contribution < -0.4 is 10.5 Å². The van der Waals surface area contributed by atoms with Gasteiger partial charge in [-0.05, 0) is 38.1 Å². The van der Waals surface area contributed by atoms with E-state index in [0.717, 1.165) is 11.4 Å². The number of nitrogens with zero attached hydrogens (tertiary/aromatic N) is 1. The number of H-pyrrole nitrogens is 1. The number of amides is 1. The molecule has 0 saturated carbocycles. The normalized spacial score (nSPS) is 11.4. The molecule has 0 saturated heterocycles. The standard InChI is InChI=1S/C13H16N4O3S2/c1-8-9(2)16-13(15-8)21-7-12(18)17-10-3-5-11(6-4-10)22(14,19)20/h3-6H,7H2,1-2H3,(H,15,16)(H,17,18)(H2,14,19,20). The van der Waals surface area contributed by atoms with E-state index in [9.17, 15) is 13.2 Å². The fourth-order valence-corrected chi connectivity index (χ4v) is 2.92. The van der Waals surface area contributed by atoms with Crippen LogP contribution in [-0.4, -0.2) is 30.0 Å². The second kappa shape index (κ2) is 6.51. The molecule has 0 fully saturated rings. The van der Waals surface area contributed by atoms with Gasteiger partial charge in [-0.25, -0.2) is 18.5 Å². The SMILES string of the molecule is Cc1nc(SCC(=O)Nc2ccc(S(N)(=O)=O)cc2)[nH]c1C. The first-order chi connectivity index (χ1) is 10.3. The Labute approximate surface area is 132 Å². The van der Waals surface area contributed by atoms with Gasteiger partial charge in [0.2, 0.25) is 15.9 Å². The number of nitrogens with one attached hydrogen (secondary N) is 2. The first kappa shape index (κ1) is 16.5. The summed E-state index contributed by atoms with van der Waals surface area (Å²) in [6.45, 7) is 3.81. The van der Waals surface area contributed by atoms with Gasteiger partial charge in [0, 0.05) is 11.4 Å². The molecule has 2 aromatic rings. The predicted molar refractivity (Wildman–Crippen MR) is 85.2 cm³/mol. The summed E-state index contributed by atoms with van der Waals surface area (Å²) in [6.07, 6.45) is 0. The molecule has 1 aromatic carbocycles. The molecule has 22 heavy (non-hydrogen) atoms. The van der Waals surface area contributed by atoms with Gasteiger partial charge in [-0.15, -0.1) is 0 Å². The summed E-state index contributed by atoms with van der Waals surface area (Å²) in [6, 6.07) is 5.67. The maximum absolute atomic E-state index is 11.8. The molecule has 0 unspecified atom stereocenters. The van der Waals surface area contributed by atoms with Gasteiger partial charge in [-0.1, -0.05) is 11.8 Å². The van der Waals surface area contributed by atoms with E-state index in [-0.39, 0.29) is 16.6 Å². The third kappa shape index (κ3) is 4.33. The van der Waals surface area contributed by atoms with Crippen molar-refractivity contribution in [3.63, 3.8) is 0 Å². The average molecular weight is 340 g/mol. The largest absolute Gasteiger partial charge is 0.337 e. The number of hydrogen-bond acceptors (Lipinski definition) is 5. The van der Waals surface area contributed by atoms with E-state index in [0.29, 0.717) is 10.8 Å². The van der Waals surface area contributed by atoms with Crippen molar-refractivity contribution in [2.24, 2.45) is 5.14 Å². The monoisotopic (exact) mass is 340 g/mol. The molecule has 0 atom stereocenters. The van der Waals surface area contributed by atoms with Gasteiger partial charge in [0.1, 0.15) is 0 Å². The molecule has 1 aromatic heterocycles. The number of hydrogen-bond donors (Lipinski definition) is 3. The van der Waals surface area contributed by atoms with Crippen LogP contribution in [0.25, 0.3) is 0 Å². The van der Waals surface area contributed by atoms with Crippen molar-refractivity contribution in [3.05, 3.63) is 35.7 Å². The highest BCUT2D eigenvalue weighted by Gasteiger charge is 2.09. The maximum Gasteiger partial charge on any atom is 0.238 e. The number of nitrogens with two attached hydrogens (primary N) is 1. The lowest BCUT2D eigenvalue weighted by molar-refractivity contribution is -0.113. The highest BCUT2D eigenvalue weighted by Crippen LogP contribution is 2.17. The molecule has 0 bridgehead atoms. The first-order valence-electron chi connectivity index (χ1n) is 6.34. The van der Waals surface area contributed by atoms with Gasteiger partial charge in [-0.3, -0.25) is 4.79 Å². The van der Waals surface area contributed by atoms with E-state index >= 15 is 0 Å². The van der Waals surface area contributed by atoms with Crippen molar-refractivity contribution in [3.8, 4) is 0 Å². The number of primary sulfonamides is 1. The molecule has 0 aliphatic heterocycles. The van der Waals surface area contributed by atoms with Crippen molar-refractivity contribution < 1.29 is 13.2 Å². The number of rotatable bonds is 5. The molecule has 7 nitrogen and oxygen atoms in total. The number of aryl methyl sites for hydroxylation is 2. The van der Waals surface area contributed by atoms with Crippen LogP contribution in [0.2, 0.25) is 0 Å². The lowest BCUT2D eigenvalue weighted by Gasteiger charge is -2.05. The van der Waals surface area contributed by atoms with Gasteiger partial charge < -0.3 is 10.3 Å². The van der Waals surface area contributed by atoms with E-state index in [1.807, 2.05) is 13.8 Å². The predicted octanol–water partition coefficient (Wildman–Crippen LogP) is 1.40. The minimum Gasteiger partial charge on any atom is -0.337 e. The Balaban J connectivity index is 1.92. The molecule has 118 valence electrons. The quantitative estimate of drug-likeness (QED) is 0.711. The lowest BCUT2D eigenvalue weighted by atomic mass is 10.3. The zero-order chi connectivity index (χ0) is 16.3. The van der Waals surface area contributed by atoms with E-state index in [4.69, 9.17) is 5.14 Å². The zero-order valence-electron chi connectivity index (χ0n) is 12.1. The van der Waals surface area contributed by atoms with Gasteiger partial charge in [-0.2, -0.15) is 0 Å². The van der Waals surface area contributed by atoms with Crippen molar-refractivity contribution in [2.45, 2.75) is 23.9 Å². The van der Waals surface area contributed by atoms with Crippen LogP contribution in [0.1, 0.15) is 11.4 Å². The number of carbonyl (C=O) groups is 1. The first-order valence-corrected chi connectivity index (χ1v) is 8.87. The van der Waals surface area contributed by atoms with Crippen LogP contribution in [0.3, 0.4) is 0 Å². The topological polar surface area (TPSA) is 118 Å². The molecule has 1 heterocycles.